The van der Waals surface area contributed by atoms with Gasteiger partial charge >= 0.3 is 19.5 Å². The van der Waals surface area contributed by atoms with Crippen LogP contribution in [0.1, 0.15) is 115 Å². The summed E-state index contributed by atoms with van der Waals surface area (Å²) < 4.78 is 49.4. The Hall–Kier alpha value is -7.55. The molecule has 0 spiro atoms. The Morgan fingerprint density at radius 3 is 2.00 bits per heavy atom. The average molecular weight is 1390 g/mol. The number of aromatic hydroxyl groups is 1. The van der Waals surface area contributed by atoms with Crippen LogP contribution in [-0.2, 0) is 53.4 Å². The average Bonchev–Trinajstić information content (AvgIpc) is 0.725. The van der Waals surface area contributed by atoms with Crippen LogP contribution >= 0.6 is 50.0 Å². The van der Waals surface area contributed by atoms with Crippen molar-refractivity contribution in [1.29, 1.82) is 0 Å². The lowest BCUT2D eigenvalue weighted by molar-refractivity contribution is -0.369. The van der Waals surface area contributed by atoms with Crippen LogP contribution in [-0.4, -0.2) is 83.1 Å². The van der Waals surface area contributed by atoms with Crippen molar-refractivity contribution in [2.75, 3.05) is 44.3 Å². The van der Waals surface area contributed by atoms with E-state index in [1.165, 1.54) is 79.7 Å². The summed E-state index contributed by atoms with van der Waals surface area (Å²) in [7, 11) is -8.70. The number of halogens is 3. The van der Waals surface area contributed by atoms with Crippen LogP contribution in [0.2, 0.25) is 15.1 Å². The topological polar surface area (TPSA) is 344 Å². The van der Waals surface area contributed by atoms with Crippen LogP contribution in [0.5, 0.6) is 5.75 Å². The number of carboxylic acids is 2. The minimum atomic E-state index is -4.59. The lowest BCUT2D eigenvalue weighted by atomic mass is 9.84. The van der Waals surface area contributed by atoms with Crippen LogP contribution in [0.25, 0.3) is 78.0 Å². The Balaban J connectivity index is 0.000000207. The van der Waals surface area contributed by atoms with Gasteiger partial charge in [-0.05, 0) is 160 Å². The number of aryl methyl sites for hydroxylation is 4. The highest BCUT2D eigenvalue weighted by molar-refractivity contribution is 7.61. The number of fused-ring (bicyclic) bond motifs is 5. The minimum Gasteiger partial charge on any atom is -0.775 e. The molecule has 4 aliphatic heterocycles. The van der Waals surface area contributed by atoms with E-state index in [4.69, 9.17) is 52.7 Å². The lowest BCUT2D eigenvalue weighted by Gasteiger charge is -2.37. The standard InChI is InChI=1S/C36H34Cl2NO9P.C34H36ClN2O8P/c1-19(2)28(40)13-10-21-16-26-31(32-23(36(43)44)6-5-7-27(32)37)25-17-24(29(41)18-30(25)48-35(26)33(38)34(21)42)20-8-11-22(12-9-20)49(45,46)47-15-4-3-14-39;1-19(38)8-9-21-17-27-28(25-18-22(10-11-23(25)34(40)41)46(42,43)44-15-3-2-12-36)26-16-20-6-4-13-37-14-5-7-24(30(20)37)32(26)45-33(27)29(35)31(21)39/h5-9,11-12,16-19,42H,3-4,10,13-15,39H2,1-2H3,(H,43,44)(H,45,46);10-11,16-18H,2-9,12-15,36H2,1H3,(H,40,41)(H,42,43)/p+1. The molecular weight excluding hydrogens is 1320 g/mol. The predicted octanol–water partition coefficient (Wildman–Crippen LogP) is 11.3. The number of hydrogen-bond donors (Lipinski definition) is 6. The van der Waals surface area contributed by atoms with E-state index < -0.39 is 38.0 Å². The number of benzene rings is 7. The van der Waals surface area contributed by atoms with E-state index in [2.05, 4.69) is 16.4 Å². The van der Waals surface area contributed by atoms with Crippen molar-refractivity contribution in [2.24, 2.45) is 5.92 Å². The molecule has 0 bridgehead atoms. The van der Waals surface area contributed by atoms with Gasteiger partial charge in [-0.2, -0.15) is 0 Å². The lowest BCUT2D eigenvalue weighted by Crippen LogP contribution is -2.50. The number of unbranched alkanes of at least 4 members (excludes halogenated alkanes) is 2. The molecule has 0 fully saturated rings. The monoisotopic (exact) mass is 1390 g/mol. The largest absolute Gasteiger partial charge is 0.775 e. The van der Waals surface area contributed by atoms with Crippen LogP contribution < -0.4 is 42.7 Å². The number of carbonyl (C=O) groups is 4. The van der Waals surface area contributed by atoms with E-state index in [0.29, 0.717) is 82.9 Å². The number of rotatable bonds is 24. The Labute approximate surface area is 561 Å². The summed E-state index contributed by atoms with van der Waals surface area (Å²) in [5.74, 6) is -3.02. The summed E-state index contributed by atoms with van der Waals surface area (Å²) in [6.45, 7) is 8.23. The quantitative estimate of drug-likeness (QED) is 0.0186. The van der Waals surface area contributed by atoms with Crippen molar-refractivity contribution in [3.05, 3.63) is 160 Å². The maximum absolute atomic E-state index is 13.5. The smallest absolute Gasteiger partial charge is 0.358 e. The van der Waals surface area contributed by atoms with Crippen molar-refractivity contribution in [2.45, 2.75) is 97.8 Å². The van der Waals surface area contributed by atoms with E-state index >= 15 is 0 Å². The number of quaternary nitrogens is 2. The number of hydrogen-bond acceptors (Lipinski definition) is 15. The third-order valence-corrected chi connectivity index (χ3v) is 21.2. The number of nitrogens with zero attached hydrogens (tertiary/aromatic N) is 1. The van der Waals surface area contributed by atoms with Gasteiger partial charge < -0.3 is 68.7 Å². The van der Waals surface area contributed by atoms with Gasteiger partial charge in [0, 0.05) is 109 Å². The third kappa shape index (κ3) is 14.6. The van der Waals surface area contributed by atoms with E-state index in [9.17, 15) is 63.0 Å². The van der Waals surface area contributed by atoms with Gasteiger partial charge in [-0.15, -0.1) is 0 Å². The van der Waals surface area contributed by atoms with Gasteiger partial charge in [0.1, 0.15) is 38.7 Å². The molecule has 5 aromatic rings. The third-order valence-electron chi connectivity index (χ3n) is 17.2. The minimum absolute atomic E-state index is 0.0118. The van der Waals surface area contributed by atoms with Gasteiger partial charge in [0.15, 0.2) is 24.4 Å². The fourth-order valence-corrected chi connectivity index (χ4v) is 15.3. The van der Waals surface area contributed by atoms with Crippen molar-refractivity contribution in [3.63, 3.8) is 0 Å². The molecule has 0 aromatic heterocycles. The molecule has 0 radical (unpaired) electrons. The van der Waals surface area contributed by atoms with Crippen LogP contribution in [0, 0.1) is 5.92 Å². The Morgan fingerprint density at radius 2 is 1.34 bits per heavy atom. The van der Waals surface area contributed by atoms with E-state index in [1.807, 2.05) is 6.07 Å². The highest BCUT2D eigenvalue weighted by atomic mass is 35.5. The van der Waals surface area contributed by atoms with Crippen molar-refractivity contribution in [1.82, 2.24) is 0 Å². The molecule has 11 rings (SSSR count). The number of ketones is 2. The normalized spacial score (nSPS) is 14.2. The van der Waals surface area contributed by atoms with Crippen molar-refractivity contribution < 1.29 is 82.8 Å². The number of aromatic carboxylic acids is 2. The summed E-state index contributed by atoms with van der Waals surface area (Å²) in [6, 6.07) is 22.1. The molecule has 25 heteroatoms. The summed E-state index contributed by atoms with van der Waals surface area (Å²) in [5, 5.41) is 32.2. The van der Waals surface area contributed by atoms with Gasteiger partial charge in [0.05, 0.1) is 42.7 Å². The zero-order chi connectivity index (χ0) is 68.4. The second-order valence-electron chi connectivity index (χ2n) is 24.0. The summed E-state index contributed by atoms with van der Waals surface area (Å²) >= 11 is 20.1. The Bertz CT molecular complexity index is 4680. The van der Waals surface area contributed by atoms with E-state index in [-0.39, 0.29) is 144 Å². The second kappa shape index (κ2) is 29.4. The molecule has 2 unspecified atom stereocenters. The molecule has 6 aliphatic rings. The first-order valence-electron chi connectivity index (χ1n) is 31.3. The fraction of sp³-hybridized carbons (Fsp3) is 0.314. The number of phenolic OH excluding ortho intramolecular Hbond substituents is 1. The first kappa shape index (κ1) is 70.3. The van der Waals surface area contributed by atoms with Crippen LogP contribution in [0.4, 0.5) is 5.69 Å². The molecule has 4 heterocycles. The zero-order valence-corrected chi connectivity index (χ0v) is 56.5. The first-order chi connectivity index (χ1) is 45.3. The van der Waals surface area contributed by atoms with Crippen LogP contribution in [0.3, 0.4) is 0 Å². The molecule has 10 N–H and O–H groups in total. The maximum Gasteiger partial charge on any atom is 0.358 e. The van der Waals surface area contributed by atoms with Crippen molar-refractivity contribution in [3.8, 4) is 61.8 Å². The molecule has 5 aromatic carbocycles. The molecule has 0 amide bonds. The highest BCUT2D eigenvalue weighted by Gasteiger charge is 2.34. The maximum atomic E-state index is 13.5. The number of anilines is 1. The SMILES string of the molecule is CC(=O)CCc1cc2c(-c3cc(P(=O)([O-])OCCCC[NH3+])ccc3C(=O)O)c3cc4c5c(c3oc-2c(Cl)c1=O)CCCN5CCC4.CC(C)C(=O)CCc1cc2c(-c3c(Cl)cccc3C(=O)O)c3cc(-c4ccc(P(=O)(O)OCCCC[NH3+])cc4)c(=O)cc-3oc2c(Cl)c1O. The number of Topliss-reactive ketones (excluding diaryl/α,β-unsaturated/α-hetero) is 2. The predicted molar refractivity (Wildman–Crippen MR) is 364 cm³/mol. The van der Waals surface area contributed by atoms with Crippen LogP contribution in [0.15, 0.2) is 109 Å². The van der Waals surface area contributed by atoms with Gasteiger partial charge in [0.25, 0.3) is 0 Å². The number of carboxylic acid groups (broad SMARTS) is 2. The molecule has 0 saturated heterocycles. The molecule has 0 saturated carbocycles. The molecule has 2 aliphatic carbocycles. The highest BCUT2D eigenvalue weighted by Crippen LogP contribution is 2.52. The van der Waals surface area contributed by atoms with Gasteiger partial charge in [-0.3, -0.25) is 18.9 Å². The van der Waals surface area contributed by atoms with Crippen molar-refractivity contribution >= 4 is 112 Å². The molecule has 20 nitrogen and oxygen atoms in total. The zero-order valence-electron chi connectivity index (χ0n) is 52.5. The van der Waals surface area contributed by atoms with Gasteiger partial charge in [-0.25, -0.2) is 9.59 Å². The molecule has 95 heavy (non-hydrogen) atoms. The number of phenols is 1. The second-order valence-corrected chi connectivity index (χ2v) is 28.8. The van der Waals surface area contributed by atoms with Gasteiger partial charge in [-0.1, -0.05) is 66.8 Å². The van der Waals surface area contributed by atoms with E-state index in [0.717, 1.165) is 55.6 Å². The molecule has 498 valence electrons. The summed E-state index contributed by atoms with van der Waals surface area (Å²) in [6.07, 6.45) is 6.45. The summed E-state index contributed by atoms with van der Waals surface area (Å²) in [5.41, 5.74) is 12.8. The fourth-order valence-electron chi connectivity index (χ4n) is 12.4. The first-order valence-corrected chi connectivity index (χ1v) is 35.5. The van der Waals surface area contributed by atoms with Gasteiger partial charge in [0.2, 0.25) is 5.43 Å². The Morgan fingerprint density at radius 1 is 0.684 bits per heavy atom. The Kier molecular flexibility index (Phi) is 21.8. The molecule has 2 atom stereocenters. The van der Waals surface area contributed by atoms with E-state index in [1.54, 1.807) is 26.0 Å². The number of carbonyl (C=O) groups excluding carboxylic acids is 2. The molecular formula is C70H71Cl3N3O17P2+. The summed E-state index contributed by atoms with van der Waals surface area (Å²) in [4.78, 5) is 103.